The Morgan fingerprint density at radius 2 is 1.86 bits per heavy atom. The van der Waals surface area contributed by atoms with Crippen molar-refractivity contribution in [3.05, 3.63) is 29.6 Å². The van der Waals surface area contributed by atoms with E-state index in [-0.39, 0.29) is 11.8 Å². The number of hydrogen-bond acceptors (Lipinski definition) is 2. The number of anilines is 1. The summed E-state index contributed by atoms with van der Waals surface area (Å²) in [7, 11) is 0. The van der Waals surface area contributed by atoms with Gasteiger partial charge in [-0.25, -0.2) is 4.39 Å². The van der Waals surface area contributed by atoms with Crippen LogP contribution in [0.5, 0.6) is 0 Å². The van der Waals surface area contributed by atoms with E-state index < -0.39 is 23.3 Å². The average molecular weight is 292 g/mol. The Labute approximate surface area is 124 Å². The van der Waals surface area contributed by atoms with Gasteiger partial charge in [0.2, 0.25) is 5.91 Å². The van der Waals surface area contributed by atoms with Gasteiger partial charge in [-0.2, -0.15) is 0 Å². The summed E-state index contributed by atoms with van der Waals surface area (Å²) in [5, 5.41) is 2.77. The molecule has 0 spiro atoms. The van der Waals surface area contributed by atoms with Gasteiger partial charge in [0, 0.05) is 0 Å². The Balaban J connectivity index is 2.51. The molecule has 1 aromatic rings. The summed E-state index contributed by atoms with van der Waals surface area (Å²) in [5.74, 6) is -0.852. The lowest BCUT2D eigenvalue weighted by atomic mass is 9.83. The molecule has 21 heavy (non-hydrogen) atoms. The van der Waals surface area contributed by atoms with Crippen LogP contribution in [0.2, 0.25) is 0 Å². The van der Waals surface area contributed by atoms with E-state index in [1.54, 1.807) is 19.9 Å². The number of carbonyl (C=O) groups is 2. The van der Waals surface area contributed by atoms with Gasteiger partial charge in [0.1, 0.15) is 17.9 Å². The SMILES string of the molecule is Cc1ccc(F)cc1N1C(=O)C(C(C)(C)C)NC(=O)C1C. The Morgan fingerprint density at radius 1 is 1.24 bits per heavy atom. The minimum atomic E-state index is -0.656. The summed E-state index contributed by atoms with van der Waals surface area (Å²) >= 11 is 0. The first-order valence-corrected chi connectivity index (χ1v) is 7.02. The van der Waals surface area contributed by atoms with Crippen LogP contribution in [-0.2, 0) is 9.59 Å². The zero-order valence-corrected chi connectivity index (χ0v) is 13.0. The third kappa shape index (κ3) is 2.77. The van der Waals surface area contributed by atoms with Gasteiger partial charge in [0.15, 0.2) is 0 Å². The first-order chi connectivity index (χ1) is 9.62. The zero-order valence-electron chi connectivity index (χ0n) is 13.0. The van der Waals surface area contributed by atoms with Crippen LogP contribution in [-0.4, -0.2) is 23.9 Å². The summed E-state index contributed by atoms with van der Waals surface area (Å²) in [5.41, 5.74) is 0.808. The van der Waals surface area contributed by atoms with E-state index in [9.17, 15) is 14.0 Å². The van der Waals surface area contributed by atoms with E-state index in [0.717, 1.165) is 5.56 Å². The van der Waals surface area contributed by atoms with Gasteiger partial charge in [0.05, 0.1) is 5.69 Å². The monoisotopic (exact) mass is 292 g/mol. The van der Waals surface area contributed by atoms with Crippen LogP contribution in [0, 0.1) is 18.2 Å². The number of aryl methyl sites for hydroxylation is 1. The highest BCUT2D eigenvalue weighted by Gasteiger charge is 2.44. The van der Waals surface area contributed by atoms with E-state index >= 15 is 0 Å². The molecule has 2 atom stereocenters. The number of carbonyl (C=O) groups excluding carboxylic acids is 2. The molecule has 2 unspecified atom stereocenters. The van der Waals surface area contributed by atoms with Crippen molar-refractivity contribution in [1.82, 2.24) is 5.32 Å². The van der Waals surface area contributed by atoms with Gasteiger partial charge in [-0.05, 0) is 37.0 Å². The highest BCUT2D eigenvalue weighted by Crippen LogP contribution is 2.30. The van der Waals surface area contributed by atoms with Crippen LogP contribution in [0.25, 0.3) is 0 Å². The smallest absolute Gasteiger partial charge is 0.250 e. The van der Waals surface area contributed by atoms with Crippen molar-refractivity contribution in [3.8, 4) is 0 Å². The number of benzene rings is 1. The van der Waals surface area contributed by atoms with Crippen molar-refractivity contribution >= 4 is 17.5 Å². The topological polar surface area (TPSA) is 49.4 Å². The van der Waals surface area contributed by atoms with Crippen LogP contribution in [0.15, 0.2) is 18.2 Å². The summed E-state index contributed by atoms with van der Waals surface area (Å²) in [4.78, 5) is 26.4. The maximum atomic E-state index is 13.5. The van der Waals surface area contributed by atoms with E-state index in [2.05, 4.69) is 5.32 Å². The molecule has 0 saturated carbocycles. The molecule has 1 heterocycles. The molecule has 1 aliphatic heterocycles. The molecule has 1 saturated heterocycles. The van der Waals surface area contributed by atoms with Crippen molar-refractivity contribution in [2.45, 2.75) is 46.7 Å². The lowest BCUT2D eigenvalue weighted by Crippen LogP contribution is -2.66. The molecule has 1 aromatic carbocycles. The first kappa shape index (κ1) is 15.5. The zero-order chi connectivity index (χ0) is 15.9. The van der Waals surface area contributed by atoms with Crippen LogP contribution in [0.1, 0.15) is 33.3 Å². The lowest BCUT2D eigenvalue weighted by Gasteiger charge is -2.42. The number of piperazine rings is 1. The third-order valence-electron chi connectivity index (χ3n) is 3.83. The fraction of sp³-hybridized carbons (Fsp3) is 0.500. The Kier molecular flexibility index (Phi) is 3.78. The van der Waals surface area contributed by atoms with Gasteiger partial charge >= 0.3 is 0 Å². The lowest BCUT2D eigenvalue weighted by molar-refractivity contribution is -0.136. The largest absolute Gasteiger partial charge is 0.342 e. The Morgan fingerprint density at radius 3 is 2.43 bits per heavy atom. The number of amides is 2. The van der Waals surface area contributed by atoms with E-state index in [0.29, 0.717) is 5.69 Å². The first-order valence-electron chi connectivity index (χ1n) is 7.02. The molecule has 1 aliphatic rings. The highest BCUT2D eigenvalue weighted by atomic mass is 19.1. The molecule has 0 bridgehead atoms. The van der Waals surface area contributed by atoms with Crippen molar-refractivity contribution in [2.24, 2.45) is 5.41 Å². The summed E-state index contributed by atoms with van der Waals surface area (Å²) in [6, 6.07) is 2.99. The summed E-state index contributed by atoms with van der Waals surface area (Å²) in [6.45, 7) is 9.12. The number of nitrogens with zero attached hydrogens (tertiary/aromatic N) is 1. The van der Waals surface area contributed by atoms with Crippen molar-refractivity contribution in [2.75, 3.05) is 4.90 Å². The predicted molar refractivity (Wildman–Crippen MR) is 79.5 cm³/mol. The molecule has 1 N–H and O–H groups in total. The average Bonchev–Trinajstić information content (AvgIpc) is 2.36. The fourth-order valence-corrected chi connectivity index (χ4v) is 2.53. The minimum Gasteiger partial charge on any atom is -0.342 e. The molecule has 4 nitrogen and oxygen atoms in total. The van der Waals surface area contributed by atoms with Gasteiger partial charge < -0.3 is 5.32 Å². The van der Waals surface area contributed by atoms with Gasteiger partial charge in [-0.1, -0.05) is 26.8 Å². The molecular formula is C16H21FN2O2. The second kappa shape index (κ2) is 5.13. The standard InChI is InChI=1S/C16H21FN2O2/c1-9-6-7-11(17)8-12(9)19-10(2)14(20)18-13(15(19)21)16(3,4)5/h6-8,10,13H,1-5H3,(H,18,20). The van der Waals surface area contributed by atoms with E-state index in [1.807, 2.05) is 20.8 Å². The van der Waals surface area contributed by atoms with Crippen LogP contribution >= 0.6 is 0 Å². The number of halogens is 1. The Hall–Kier alpha value is -1.91. The minimum absolute atomic E-state index is 0.205. The summed E-state index contributed by atoms with van der Waals surface area (Å²) in [6.07, 6.45) is 0. The molecule has 0 aromatic heterocycles. The second-order valence-electron chi connectivity index (χ2n) is 6.62. The van der Waals surface area contributed by atoms with Crippen LogP contribution < -0.4 is 10.2 Å². The molecule has 1 fully saturated rings. The van der Waals surface area contributed by atoms with Crippen LogP contribution in [0.4, 0.5) is 10.1 Å². The van der Waals surface area contributed by atoms with Gasteiger partial charge in [-0.15, -0.1) is 0 Å². The predicted octanol–water partition coefficient (Wildman–Crippen LogP) is 2.40. The third-order valence-corrected chi connectivity index (χ3v) is 3.83. The Bertz CT molecular complexity index is 592. The number of nitrogens with one attached hydrogen (secondary N) is 1. The second-order valence-corrected chi connectivity index (χ2v) is 6.62. The van der Waals surface area contributed by atoms with Crippen molar-refractivity contribution in [1.29, 1.82) is 0 Å². The van der Waals surface area contributed by atoms with Gasteiger partial charge in [-0.3, -0.25) is 14.5 Å². The molecule has 0 aliphatic carbocycles. The fourth-order valence-electron chi connectivity index (χ4n) is 2.53. The van der Waals surface area contributed by atoms with Gasteiger partial charge in [0.25, 0.3) is 5.91 Å². The molecule has 2 amide bonds. The highest BCUT2D eigenvalue weighted by molar-refractivity contribution is 6.08. The maximum absolute atomic E-state index is 13.5. The van der Waals surface area contributed by atoms with Crippen molar-refractivity contribution in [3.63, 3.8) is 0 Å². The normalized spacial score (nSPS) is 23.2. The maximum Gasteiger partial charge on any atom is 0.250 e. The molecule has 114 valence electrons. The number of hydrogen-bond donors (Lipinski definition) is 1. The van der Waals surface area contributed by atoms with E-state index in [4.69, 9.17) is 0 Å². The van der Waals surface area contributed by atoms with Crippen LogP contribution in [0.3, 0.4) is 0 Å². The molecule has 0 radical (unpaired) electrons. The molecule has 2 rings (SSSR count). The molecule has 5 heteroatoms. The van der Waals surface area contributed by atoms with E-state index in [1.165, 1.54) is 17.0 Å². The number of rotatable bonds is 1. The molecular weight excluding hydrogens is 271 g/mol. The quantitative estimate of drug-likeness (QED) is 0.864. The summed E-state index contributed by atoms with van der Waals surface area (Å²) < 4.78 is 13.5. The van der Waals surface area contributed by atoms with Crippen molar-refractivity contribution < 1.29 is 14.0 Å².